The first-order valence-electron chi connectivity index (χ1n) is 9.02. The number of nitrogens with one attached hydrogen (secondary N) is 1. The summed E-state index contributed by atoms with van der Waals surface area (Å²) in [6, 6.07) is 9.54. The number of aliphatic hydroxyl groups excluding tert-OH is 1. The Morgan fingerprint density at radius 1 is 1.29 bits per heavy atom. The van der Waals surface area contributed by atoms with Crippen LogP contribution in [0.2, 0.25) is 5.02 Å². The molecule has 0 aliphatic heterocycles. The molecule has 11 heteroatoms. The number of thiophene rings is 1. The van der Waals surface area contributed by atoms with Crippen LogP contribution in [-0.4, -0.2) is 39.6 Å². The second-order valence-corrected chi connectivity index (χ2v) is 8.32. The molecule has 0 fully saturated rings. The molecule has 3 aromatic rings. The third kappa shape index (κ3) is 5.93. The monoisotopic (exact) mass is 471 g/mol. The highest BCUT2D eigenvalue weighted by molar-refractivity contribution is 7.10. The topological polar surface area (TPSA) is 84.2 Å². The first kappa shape index (κ1) is 23.0. The van der Waals surface area contributed by atoms with E-state index in [-0.39, 0.29) is 5.56 Å². The zero-order chi connectivity index (χ0) is 22.8. The van der Waals surface area contributed by atoms with Crippen molar-refractivity contribution in [3.8, 4) is 16.9 Å². The van der Waals surface area contributed by atoms with Crippen LogP contribution in [0.3, 0.4) is 0 Å². The second-order valence-electron chi connectivity index (χ2n) is 6.77. The van der Waals surface area contributed by atoms with E-state index in [1.807, 2.05) is 6.92 Å². The van der Waals surface area contributed by atoms with E-state index in [4.69, 9.17) is 11.6 Å². The molecule has 2 N–H and O–H groups in total. The summed E-state index contributed by atoms with van der Waals surface area (Å²) in [7, 11) is 0. The van der Waals surface area contributed by atoms with Crippen molar-refractivity contribution in [2.24, 2.45) is 0 Å². The summed E-state index contributed by atoms with van der Waals surface area (Å²) < 4.78 is 38.2. The summed E-state index contributed by atoms with van der Waals surface area (Å²) in [4.78, 5) is 26.4. The highest BCUT2D eigenvalue weighted by atomic mass is 35.5. The largest absolute Gasteiger partial charge is 0.391 e. The average Bonchev–Trinajstić information content (AvgIpc) is 3.12. The number of aromatic nitrogens is 2. The molecule has 2 heterocycles. The third-order valence-electron chi connectivity index (χ3n) is 4.22. The van der Waals surface area contributed by atoms with Crippen molar-refractivity contribution < 1.29 is 23.1 Å². The maximum Gasteiger partial charge on any atom is 0.391 e. The van der Waals surface area contributed by atoms with Crippen molar-refractivity contribution in [1.29, 1.82) is 0 Å². The molecule has 1 atom stereocenters. The van der Waals surface area contributed by atoms with Crippen LogP contribution in [0.15, 0.2) is 46.6 Å². The van der Waals surface area contributed by atoms with Crippen molar-refractivity contribution in [2.75, 3.05) is 6.54 Å². The minimum absolute atomic E-state index is 0.293. The SMILES string of the molecule is Cc1cc(-n2nc(-c3ccc(Cl)cc3)cc(C(=O)NCC(O)CC(F)(F)F)c2=O)cs1. The Bertz CT molecular complexity index is 1140. The molecule has 1 aromatic carbocycles. The van der Waals surface area contributed by atoms with Crippen molar-refractivity contribution in [3.63, 3.8) is 0 Å². The quantitative estimate of drug-likeness (QED) is 0.570. The van der Waals surface area contributed by atoms with Gasteiger partial charge in [-0.3, -0.25) is 9.59 Å². The van der Waals surface area contributed by atoms with Gasteiger partial charge in [0.15, 0.2) is 0 Å². The standard InChI is InChI=1S/C20H17ClF3N3O3S/c1-11-6-14(10-31-11)27-19(30)16(18(29)25-9-15(28)8-20(22,23)24)7-17(26-27)12-2-4-13(21)5-3-12/h2-7,10,15,28H,8-9H2,1H3,(H,25,29). The molecule has 0 spiro atoms. The molecule has 31 heavy (non-hydrogen) atoms. The Kier molecular flexibility index (Phi) is 6.83. The number of alkyl halides is 3. The maximum atomic E-state index is 12.9. The van der Waals surface area contributed by atoms with Gasteiger partial charge in [0.1, 0.15) is 5.56 Å². The number of rotatable bonds is 6. The van der Waals surface area contributed by atoms with Gasteiger partial charge in [-0.05, 0) is 31.2 Å². The van der Waals surface area contributed by atoms with Gasteiger partial charge in [0.25, 0.3) is 11.5 Å². The predicted molar refractivity (Wildman–Crippen MR) is 112 cm³/mol. The second kappa shape index (κ2) is 9.21. The van der Waals surface area contributed by atoms with E-state index in [2.05, 4.69) is 10.4 Å². The summed E-state index contributed by atoms with van der Waals surface area (Å²) in [6.07, 6.45) is -7.88. The number of hydrogen-bond acceptors (Lipinski definition) is 5. The number of amides is 1. The Hall–Kier alpha value is -2.69. The Labute approximate surface area is 183 Å². The van der Waals surface area contributed by atoms with Gasteiger partial charge in [-0.2, -0.15) is 23.0 Å². The number of benzene rings is 1. The predicted octanol–water partition coefficient (Wildman–Crippen LogP) is 3.97. The van der Waals surface area contributed by atoms with Crippen molar-refractivity contribution in [1.82, 2.24) is 15.1 Å². The first-order chi connectivity index (χ1) is 14.5. The lowest BCUT2D eigenvalue weighted by atomic mass is 10.1. The van der Waals surface area contributed by atoms with Crippen LogP contribution in [0, 0.1) is 6.92 Å². The summed E-state index contributed by atoms with van der Waals surface area (Å²) in [5.74, 6) is -0.912. The number of carbonyl (C=O) groups is 1. The molecular weight excluding hydrogens is 455 g/mol. The zero-order valence-electron chi connectivity index (χ0n) is 16.1. The number of aryl methyl sites for hydroxylation is 1. The fourth-order valence-corrected chi connectivity index (χ4v) is 3.57. The molecule has 3 rings (SSSR count). The molecule has 0 saturated carbocycles. The van der Waals surface area contributed by atoms with Crippen LogP contribution >= 0.6 is 22.9 Å². The van der Waals surface area contributed by atoms with E-state index in [0.29, 0.717) is 22.0 Å². The van der Waals surface area contributed by atoms with E-state index in [1.54, 1.807) is 35.7 Å². The summed E-state index contributed by atoms with van der Waals surface area (Å²) in [5, 5.41) is 18.2. The molecule has 0 aliphatic rings. The van der Waals surface area contributed by atoms with Crippen LogP contribution in [0.25, 0.3) is 16.9 Å². The number of halogens is 4. The van der Waals surface area contributed by atoms with Gasteiger partial charge in [-0.15, -0.1) is 11.3 Å². The molecule has 6 nitrogen and oxygen atoms in total. The molecular formula is C20H17ClF3N3O3S. The number of hydrogen-bond donors (Lipinski definition) is 2. The van der Waals surface area contributed by atoms with Gasteiger partial charge in [-0.25, -0.2) is 0 Å². The fourth-order valence-electron chi connectivity index (χ4n) is 2.78. The van der Waals surface area contributed by atoms with E-state index >= 15 is 0 Å². The summed E-state index contributed by atoms with van der Waals surface area (Å²) in [5.41, 5.74) is 0.271. The van der Waals surface area contributed by atoms with Gasteiger partial charge in [0.2, 0.25) is 0 Å². The number of aliphatic hydroxyl groups is 1. The molecule has 1 amide bonds. The van der Waals surface area contributed by atoms with Crippen LogP contribution in [-0.2, 0) is 0 Å². The van der Waals surface area contributed by atoms with Crippen LogP contribution in [0.4, 0.5) is 13.2 Å². The summed E-state index contributed by atoms with van der Waals surface area (Å²) in [6.45, 7) is 1.19. The van der Waals surface area contributed by atoms with E-state index in [1.165, 1.54) is 17.4 Å². The van der Waals surface area contributed by atoms with Crippen molar-refractivity contribution >= 4 is 28.8 Å². The van der Waals surface area contributed by atoms with Crippen LogP contribution < -0.4 is 10.9 Å². The highest BCUT2D eigenvalue weighted by Crippen LogP contribution is 2.23. The molecule has 0 bridgehead atoms. The average molecular weight is 472 g/mol. The smallest absolute Gasteiger partial charge is 0.391 e. The van der Waals surface area contributed by atoms with Crippen molar-refractivity contribution in [2.45, 2.75) is 25.6 Å². The Morgan fingerprint density at radius 2 is 1.97 bits per heavy atom. The lowest BCUT2D eigenvalue weighted by Gasteiger charge is -2.14. The van der Waals surface area contributed by atoms with Gasteiger partial charge in [-0.1, -0.05) is 23.7 Å². The first-order valence-corrected chi connectivity index (χ1v) is 10.3. The third-order valence-corrected chi connectivity index (χ3v) is 5.32. The van der Waals surface area contributed by atoms with E-state index < -0.39 is 36.7 Å². The minimum atomic E-state index is -4.58. The Balaban J connectivity index is 1.98. The summed E-state index contributed by atoms with van der Waals surface area (Å²) >= 11 is 7.30. The maximum absolute atomic E-state index is 12.9. The lowest BCUT2D eigenvalue weighted by Crippen LogP contribution is -2.38. The Morgan fingerprint density at radius 3 is 2.55 bits per heavy atom. The fraction of sp³-hybridized carbons (Fsp3) is 0.250. The van der Waals surface area contributed by atoms with Crippen LogP contribution in [0.1, 0.15) is 21.7 Å². The molecule has 0 aliphatic carbocycles. The van der Waals surface area contributed by atoms with E-state index in [9.17, 15) is 27.9 Å². The zero-order valence-corrected chi connectivity index (χ0v) is 17.7. The van der Waals surface area contributed by atoms with Gasteiger partial charge in [0.05, 0.1) is 23.9 Å². The van der Waals surface area contributed by atoms with Gasteiger partial charge < -0.3 is 10.4 Å². The number of carbonyl (C=O) groups excluding carboxylic acids is 1. The molecule has 164 valence electrons. The van der Waals surface area contributed by atoms with Gasteiger partial charge in [0, 0.05) is 27.4 Å². The minimum Gasteiger partial charge on any atom is -0.391 e. The van der Waals surface area contributed by atoms with Gasteiger partial charge >= 0.3 is 6.18 Å². The normalized spacial score (nSPS) is 12.6. The number of nitrogens with zero attached hydrogens (tertiary/aromatic N) is 2. The molecule has 0 saturated heterocycles. The molecule has 0 radical (unpaired) electrons. The highest BCUT2D eigenvalue weighted by Gasteiger charge is 2.31. The lowest BCUT2D eigenvalue weighted by molar-refractivity contribution is -0.152. The van der Waals surface area contributed by atoms with Crippen molar-refractivity contribution in [3.05, 3.63) is 67.6 Å². The van der Waals surface area contributed by atoms with E-state index in [0.717, 1.165) is 9.56 Å². The molecule has 1 unspecified atom stereocenters. The van der Waals surface area contributed by atoms with Crippen LogP contribution in [0.5, 0.6) is 0 Å². The molecule has 2 aromatic heterocycles.